The number of esters is 1. The summed E-state index contributed by atoms with van der Waals surface area (Å²) in [7, 11) is 0. The molecule has 0 unspecified atom stereocenters. The minimum atomic E-state index is -0.631. The van der Waals surface area contributed by atoms with Gasteiger partial charge in [0.15, 0.2) is 6.61 Å². The van der Waals surface area contributed by atoms with Crippen LogP contribution in [0.2, 0.25) is 0 Å². The molecule has 5 nitrogen and oxygen atoms in total. The molecule has 0 amide bonds. The Kier molecular flexibility index (Phi) is 4.79. The highest BCUT2D eigenvalue weighted by Gasteiger charge is 2.09. The Hall–Kier alpha value is -3.15. The van der Waals surface area contributed by atoms with E-state index in [-0.39, 0.29) is 13.2 Å². The number of rotatable bonds is 5. The first kappa shape index (κ1) is 16.7. The van der Waals surface area contributed by atoms with Crippen LogP contribution in [0, 0.1) is 12.7 Å². The van der Waals surface area contributed by atoms with E-state index >= 15 is 0 Å². The Morgan fingerprint density at radius 1 is 1.16 bits per heavy atom. The number of carbonyl (C=O) groups is 1. The maximum absolute atomic E-state index is 13.4. The van der Waals surface area contributed by atoms with Crippen LogP contribution in [0.1, 0.15) is 11.1 Å². The third-order valence-corrected chi connectivity index (χ3v) is 3.63. The van der Waals surface area contributed by atoms with Crippen molar-refractivity contribution in [3.63, 3.8) is 0 Å². The van der Waals surface area contributed by atoms with E-state index in [0.717, 1.165) is 10.9 Å². The van der Waals surface area contributed by atoms with E-state index in [4.69, 9.17) is 13.9 Å². The van der Waals surface area contributed by atoms with Gasteiger partial charge in [-0.05, 0) is 30.7 Å². The van der Waals surface area contributed by atoms with Crippen molar-refractivity contribution in [3.8, 4) is 5.75 Å². The molecular formula is C19H15FO5. The van der Waals surface area contributed by atoms with Crippen molar-refractivity contribution < 1.29 is 23.1 Å². The second-order valence-electron chi connectivity index (χ2n) is 5.45. The molecule has 0 N–H and O–H groups in total. The average molecular weight is 342 g/mol. The largest absolute Gasteiger partial charge is 0.482 e. The molecule has 0 radical (unpaired) electrons. The number of benzene rings is 2. The van der Waals surface area contributed by atoms with Crippen LogP contribution in [0.25, 0.3) is 11.0 Å². The molecule has 2 aromatic carbocycles. The fourth-order valence-electron chi connectivity index (χ4n) is 2.35. The molecular weight excluding hydrogens is 327 g/mol. The quantitative estimate of drug-likeness (QED) is 0.525. The first-order chi connectivity index (χ1) is 12.0. The van der Waals surface area contributed by atoms with Gasteiger partial charge in [0.25, 0.3) is 0 Å². The maximum atomic E-state index is 13.4. The fourth-order valence-corrected chi connectivity index (χ4v) is 2.35. The molecule has 0 aliphatic rings. The van der Waals surface area contributed by atoms with Crippen molar-refractivity contribution in [1.29, 1.82) is 0 Å². The summed E-state index contributed by atoms with van der Waals surface area (Å²) in [6.45, 7) is 1.30. The highest BCUT2D eigenvalue weighted by molar-refractivity contribution is 5.81. The van der Waals surface area contributed by atoms with E-state index in [9.17, 15) is 14.0 Å². The van der Waals surface area contributed by atoms with Gasteiger partial charge in [-0.1, -0.05) is 18.2 Å². The predicted octanol–water partition coefficient (Wildman–Crippen LogP) is 3.36. The molecule has 3 rings (SSSR count). The Labute approximate surface area is 142 Å². The first-order valence-corrected chi connectivity index (χ1v) is 7.59. The molecule has 0 aliphatic heterocycles. The summed E-state index contributed by atoms with van der Waals surface area (Å²) in [6.07, 6.45) is 0. The highest BCUT2D eigenvalue weighted by atomic mass is 19.1. The van der Waals surface area contributed by atoms with Gasteiger partial charge in [-0.15, -0.1) is 0 Å². The van der Waals surface area contributed by atoms with Gasteiger partial charge in [0.2, 0.25) is 0 Å². The van der Waals surface area contributed by atoms with Crippen molar-refractivity contribution in [2.24, 2.45) is 0 Å². The van der Waals surface area contributed by atoms with E-state index < -0.39 is 17.4 Å². The molecule has 3 aromatic rings. The van der Waals surface area contributed by atoms with Crippen LogP contribution in [-0.2, 0) is 16.1 Å². The molecule has 0 saturated heterocycles. The molecule has 128 valence electrons. The SMILES string of the molecule is Cc1cc(=O)oc2cc(OCC(=O)OCc3ccccc3F)ccc12. The van der Waals surface area contributed by atoms with Gasteiger partial charge in [0.05, 0.1) is 0 Å². The Morgan fingerprint density at radius 2 is 1.96 bits per heavy atom. The third kappa shape index (κ3) is 4.03. The van der Waals surface area contributed by atoms with E-state index in [1.165, 1.54) is 24.3 Å². The minimum absolute atomic E-state index is 0.166. The number of ether oxygens (including phenoxy) is 2. The van der Waals surface area contributed by atoms with E-state index in [1.54, 1.807) is 31.2 Å². The summed E-state index contributed by atoms with van der Waals surface area (Å²) < 4.78 is 28.9. The molecule has 0 atom stereocenters. The summed E-state index contributed by atoms with van der Waals surface area (Å²) >= 11 is 0. The second-order valence-corrected chi connectivity index (χ2v) is 5.45. The lowest BCUT2D eigenvalue weighted by atomic mass is 10.1. The number of carbonyl (C=O) groups excluding carboxylic acids is 1. The smallest absolute Gasteiger partial charge is 0.344 e. The normalized spacial score (nSPS) is 10.6. The van der Waals surface area contributed by atoms with E-state index in [2.05, 4.69) is 0 Å². The summed E-state index contributed by atoms with van der Waals surface area (Å²) in [5, 5.41) is 0.786. The molecule has 1 aromatic heterocycles. The fraction of sp³-hybridized carbons (Fsp3) is 0.158. The lowest BCUT2D eigenvalue weighted by Gasteiger charge is -2.08. The molecule has 0 bridgehead atoms. The number of halogens is 1. The zero-order valence-corrected chi connectivity index (χ0v) is 13.5. The summed E-state index contributed by atoms with van der Waals surface area (Å²) in [5.74, 6) is -0.700. The Balaban J connectivity index is 1.61. The number of fused-ring (bicyclic) bond motifs is 1. The van der Waals surface area contributed by atoms with Crippen molar-refractivity contribution in [2.45, 2.75) is 13.5 Å². The van der Waals surface area contributed by atoms with Gasteiger partial charge in [0, 0.05) is 23.1 Å². The van der Waals surface area contributed by atoms with Gasteiger partial charge in [-0.3, -0.25) is 0 Å². The van der Waals surface area contributed by atoms with Crippen LogP contribution >= 0.6 is 0 Å². The van der Waals surface area contributed by atoms with Gasteiger partial charge in [0.1, 0.15) is 23.8 Å². The van der Waals surface area contributed by atoms with Crippen LogP contribution in [0.15, 0.2) is 57.7 Å². The molecule has 25 heavy (non-hydrogen) atoms. The lowest BCUT2D eigenvalue weighted by Crippen LogP contribution is -2.15. The van der Waals surface area contributed by atoms with Crippen LogP contribution in [0.3, 0.4) is 0 Å². The molecule has 6 heteroatoms. The van der Waals surface area contributed by atoms with Gasteiger partial charge >= 0.3 is 11.6 Å². The van der Waals surface area contributed by atoms with Gasteiger partial charge in [-0.25, -0.2) is 14.0 Å². The van der Waals surface area contributed by atoms with Gasteiger partial charge < -0.3 is 13.9 Å². The number of aryl methyl sites for hydroxylation is 1. The first-order valence-electron chi connectivity index (χ1n) is 7.59. The van der Waals surface area contributed by atoms with Crippen molar-refractivity contribution in [1.82, 2.24) is 0 Å². The Bertz CT molecular complexity index is 977. The molecule has 0 fully saturated rings. The van der Waals surface area contributed by atoms with E-state index in [0.29, 0.717) is 16.9 Å². The standard InChI is InChI=1S/C19H15FO5/c1-12-8-18(21)25-17-9-14(6-7-15(12)17)23-11-19(22)24-10-13-4-2-3-5-16(13)20/h2-9H,10-11H2,1H3. The third-order valence-electron chi connectivity index (χ3n) is 3.63. The summed E-state index contributed by atoms with van der Waals surface area (Å²) in [4.78, 5) is 23.1. The summed E-state index contributed by atoms with van der Waals surface area (Å²) in [5.41, 5.74) is 1.01. The van der Waals surface area contributed by atoms with Crippen molar-refractivity contribution in [2.75, 3.05) is 6.61 Å². The van der Waals surface area contributed by atoms with Crippen LogP contribution < -0.4 is 10.4 Å². The average Bonchev–Trinajstić information content (AvgIpc) is 2.58. The highest BCUT2D eigenvalue weighted by Crippen LogP contribution is 2.22. The second kappa shape index (κ2) is 7.17. The van der Waals surface area contributed by atoms with Crippen LogP contribution in [-0.4, -0.2) is 12.6 Å². The Morgan fingerprint density at radius 3 is 2.76 bits per heavy atom. The molecule has 0 spiro atoms. The molecule has 0 saturated carbocycles. The van der Waals surface area contributed by atoms with Crippen LogP contribution in [0.4, 0.5) is 4.39 Å². The monoisotopic (exact) mass is 342 g/mol. The lowest BCUT2D eigenvalue weighted by molar-refractivity contribution is -0.147. The molecule has 0 aliphatic carbocycles. The van der Waals surface area contributed by atoms with E-state index in [1.807, 2.05) is 0 Å². The van der Waals surface area contributed by atoms with Crippen molar-refractivity contribution in [3.05, 3.63) is 75.9 Å². The molecule has 1 heterocycles. The summed E-state index contributed by atoms with van der Waals surface area (Å²) in [6, 6.07) is 12.4. The number of hydrogen-bond acceptors (Lipinski definition) is 5. The number of hydrogen-bond donors (Lipinski definition) is 0. The zero-order chi connectivity index (χ0) is 17.8. The van der Waals surface area contributed by atoms with Gasteiger partial charge in [-0.2, -0.15) is 0 Å². The zero-order valence-electron chi connectivity index (χ0n) is 13.5. The predicted molar refractivity (Wildman–Crippen MR) is 88.9 cm³/mol. The minimum Gasteiger partial charge on any atom is -0.482 e. The maximum Gasteiger partial charge on any atom is 0.344 e. The van der Waals surface area contributed by atoms with Crippen LogP contribution in [0.5, 0.6) is 5.75 Å². The van der Waals surface area contributed by atoms with Crippen molar-refractivity contribution >= 4 is 16.9 Å². The topological polar surface area (TPSA) is 65.7 Å².